The van der Waals surface area contributed by atoms with Crippen molar-refractivity contribution >= 4 is 5.91 Å². The Morgan fingerprint density at radius 3 is 2.44 bits per heavy atom. The molecule has 2 N–H and O–H groups in total. The molecule has 3 fully saturated rings. The number of morpholine rings is 1. The van der Waals surface area contributed by atoms with Gasteiger partial charge in [-0.15, -0.1) is 0 Å². The Bertz CT molecular complexity index is 644. The van der Waals surface area contributed by atoms with Gasteiger partial charge in [-0.05, 0) is 62.7 Å². The lowest BCUT2D eigenvalue weighted by Gasteiger charge is -2.35. The summed E-state index contributed by atoms with van der Waals surface area (Å²) in [6.45, 7) is 9.98. The lowest BCUT2D eigenvalue weighted by atomic mass is 9.92. The Kier molecular flexibility index (Phi) is 5.53. The predicted molar refractivity (Wildman–Crippen MR) is 106 cm³/mol. The third kappa shape index (κ3) is 4.53. The summed E-state index contributed by atoms with van der Waals surface area (Å²) in [5.41, 5.74) is 2.81. The van der Waals surface area contributed by atoms with Gasteiger partial charge in [-0.3, -0.25) is 9.69 Å². The first kappa shape index (κ1) is 18.9. The van der Waals surface area contributed by atoms with Crippen LogP contribution in [-0.4, -0.2) is 49.2 Å². The standard InChI is InChI=1S/C22H33N3O2/c1-16-13-25(14-17(2)27-16)15-19-5-3-18(4-6-19)12-24-21(26)20-11-22(20)7-9-23-10-8-22/h3-6,16-17,20,23H,7-15H2,1-2H3,(H,24,26). The summed E-state index contributed by atoms with van der Waals surface area (Å²) in [6.07, 6.45) is 3.98. The van der Waals surface area contributed by atoms with Crippen LogP contribution in [0.5, 0.6) is 0 Å². The molecule has 2 aliphatic heterocycles. The first-order valence-corrected chi connectivity index (χ1v) is 10.5. The number of rotatable bonds is 5. The van der Waals surface area contributed by atoms with E-state index in [-0.39, 0.29) is 11.8 Å². The maximum Gasteiger partial charge on any atom is 0.223 e. The van der Waals surface area contributed by atoms with Crippen LogP contribution >= 0.6 is 0 Å². The molecule has 1 aromatic rings. The first-order valence-electron chi connectivity index (χ1n) is 10.5. The minimum absolute atomic E-state index is 0.240. The molecular weight excluding hydrogens is 338 g/mol. The predicted octanol–water partition coefficient (Wildman–Crippen LogP) is 2.30. The van der Waals surface area contributed by atoms with E-state index in [2.05, 4.69) is 53.6 Å². The fraction of sp³-hybridized carbons (Fsp3) is 0.682. The fourth-order valence-corrected chi connectivity index (χ4v) is 4.94. The van der Waals surface area contributed by atoms with Crippen molar-refractivity contribution in [1.29, 1.82) is 0 Å². The van der Waals surface area contributed by atoms with Crippen LogP contribution in [0.4, 0.5) is 0 Å². The molecule has 0 aromatic heterocycles. The third-order valence-electron chi connectivity index (χ3n) is 6.50. The average molecular weight is 372 g/mol. The van der Waals surface area contributed by atoms with E-state index in [9.17, 15) is 4.79 Å². The SMILES string of the molecule is CC1CN(Cc2ccc(CNC(=O)C3CC34CCNCC4)cc2)CC(C)O1. The second-order valence-electron chi connectivity index (χ2n) is 8.85. The number of piperidine rings is 1. The van der Waals surface area contributed by atoms with Crippen LogP contribution in [0.3, 0.4) is 0 Å². The summed E-state index contributed by atoms with van der Waals surface area (Å²) >= 11 is 0. The monoisotopic (exact) mass is 371 g/mol. The van der Waals surface area contributed by atoms with E-state index < -0.39 is 0 Å². The zero-order valence-electron chi connectivity index (χ0n) is 16.7. The van der Waals surface area contributed by atoms with Crippen molar-refractivity contribution in [3.63, 3.8) is 0 Å². The molecular formula is C22H33N3O2. The highest BCUT2D eigenvalue weighted by atomic mass is 16.5. The third-order valence-corrected chi connectivity index (χ3v) is 6.50. The van der Waals surface area contributed by atoms with Crippen LogP contribution in [-0.2, 0) is 22.6 Å². The van der Waals surface area contributed by atoms with E-state index in [1.54, 1.807) is 0 Å². The Hall–Kier alpha value is -1.43. The van der Waals surface area contributed by atoms with Gasteiger partial charge in [0.2, 0.25) is 5.91 Å². The minimum Gasteiger partial charge on any atom is -0.373 e. The molecule has 1 spiro atoms. The van der Waals surface area contributed by atoms with Crippen molar-refractivity contribution < 1.29 is 9.53 Å². The number of carbonyl (C=O) groups is 1. The number of carbonyl (C=O) groups excluding carboxylic acids is 1. The summed E-state index contributed by atoms with van der Waals surface area (Å²) in [7, 11) is 0. The van der Waals surface area contributed by atoms with Crippen molar-refractivity contribution in [2.24, 2.45) is 11.3 Å². The van der Waals surface area contributed by atoms with Gasteiger partial charge in [-0.25, -0.2) is 0 Å². The fourth-order valence-electron chi connectivity index (χ4n) is 4.94. The molecule has 1 amide bonds. The van der Waals surface area contributed by atoms with Crippen LogP contribution in [0.2, 0.25) is 0 Å². The normalized spacial score (nSPS) is 30.2. The summed E-state index contributed by atoms with van der Waals surface area (Å²) in [5, 5.41) is 6.55. The zero-order chi connectivity index (χ0) is 18.9. The lowest BCUT2D eigenvalue weighted by Crippen LogP contribution is -2.44. The first-order chi connectivity index (χ1) is 13.0. The van der Waals surface area contributed by atoms with Crippen LogP contribution in [0, 0.1) is 11.3 Å². The molecule has 5 heteroatoms. The summed E-state index contributed by atoms with van der Waals surface area (Å²) in [4.78, 5) is 15.0. The summed E-state index contributed by atoms with van der Waals surface area (Å²) < 4.78 is 5.81. The lowest BCUT2D eigenvalue weighted by molar-refractivity contribution is -0.123. The maximum absolute atomic E-state index is 12.5. The van der Waals surface area contributed by atoms with Crippen LogP contribution in [0.25, 0.3) is 0 Å². The topological polar surface area (TPSA) is 53.6 Å². The van der Waals surface area contributed by atoms with Crippen LogP contribution in [0.1, 0.15) is 44.2 Å². The van der Waals surface area contributed by atoms with Crippen LogP contribution < -0.4 is 10.6 Å². The van der Waals surface area contributed by atoms with Gasteiger partial charge >= 0.3 is 0 Å². The molecule has 0 bridgehead atoms. The van der Waals surface area contributed by atoms with Crippen molar-refractivity contribution in [3.05, 3.63) is 35.4 Å². The second kappa shape index (κ2) is 7.90. The number of amides is 1. The molecule has 4 rings (SSSR count). The molecule has 3 unspecified atom stereocenters. The van der Waals surface area contributed by atoms with E-state index in [1.165, 1.54) is 11.1 Å². The second-order valence-corrected chi connectivity index (χ2v) is 8.85. The van der Waals surface area contributed by atoms with Gasteiger partial charge in [-0.2, -0.15) is 0 Å². The summed E-state index contributed by atoms with van der Waals surface area (Å²) in [6, 6.07) is 8.68. The molecule has 0 radical (unpaired) electrons. The maximum atomic E-state index is 12.5. The van der Waals surface area contributed by atoms with Crippen molar-refractivity contribution in [3.8, 4) is 0 Å². The number of nitrogens with zero attached hydrogens (tertiary/aromatic N) is 1. The molecule has 2 saturated heterocycles. The quantitative estimate of drug-likeness (QED) is 0.834. The summed E-state index contributed by atoms with van der Waals surface area (Å²) in [5.74, 6) is 0.487. The molecule has 1 aromatic carbocycles. The zero-order valence-corrected chi connectivity index (χ0v) is 16.7. The van der Waals surface area contributed by atoms with Gasteiger partial charge in [0, 0.05) is 32.1 Å². The highest BCUT2D eigenvalue weighted by molar-refractivity contribution is 5.82. The smallest absolute Gasteiger partial charge is 0.223 e. The highest BCUT2D eigenvalue weighted by Crippen LogP contribution is 2.58. The Labute approximate surface area is 162 Å². The number of benzene rings is 1. The van der Waals surface area contributed by atoms with Gasteiger partial charge in [0.05, 0.1) is 12.2 Å². The molecule has 1 aliphatic carbocycles. The van der Waals surface area contributed by atoms with Crippen molar-refractivity contribution in [2.45, 2.75) is 58.4 Å². The highest BCUT2D eigenvalue weighted by Gasteiger charge is 2.57. The van der Waals surface area contributed by atoms with Crippen molar-refractivity contribution in [2.75, 3.05) is 26.2 Å². The van der Waals surface area contributed by atoms with Gasteiger partial charge in [0.1, 0.15) is 0 Å². The number of hydrogen-bond acceptors (Lipinski definition) is 4. The molecule has 27 heavy (non-hydrogen) atoms. The Morgan fingerprint density at radius 2 is 1.78 bits per heavy atom. The number of nitrogens with one attached hydrogen (secondary N) is 2. The molecule has 2 heterocycles. The molecule has 3 atom stereocenters. The Balaban J connectivity index is 1.24. The largest absolute Gasteiger partial charge is 0.373 e. The van der Waals surface area contributed by atoms with Gasteiger partial charge in [0.15, 0.2) is 0 Å². The molecule has 3 aliphatic rings. The van der Waals surface area contributed by atoms with E-state index >= 15 is 0 Å². The molecule has 5 nitrogen and oxygen atoms in total. The molecule has 148 valence electrons. The molecule has 1 saturated carbocycles. The van der Waals surface area contributed by atoms with Crippen molar-refractivity contribution in [1.82, 2.24) is 15.5 Å². The Morgan fingerprint density at radius 1 is 1.15 bits per heavy atom. The van der Waals surface area contributed by atoms with Crippen LogP contribution in [0.15, 0.2) is 24.3 Å². The number of hydrogen-bond donors (Lipinski definition) is 2. The number of ether oxygens (including phenoxy) is 1. The van der Waals surface area contributed by atoms with E-state index in [0.29, 0.717) is 24.2 Å². The minimum atomic E-state index is 0.240. The van der Waals surface area contributed by atoms with Gasteiger partial charge in [0.25, 0.3) is 0 Å². The average Bonchev–Trinajstić information content (AvgIpc) is 3.33. The van der Waals surface area contributed by atoms with E-state index in [0.717, 1.165) is 52.0 Å². The van der Waals surface area contributed by atoms with E-state index in [4.69, 9.17) is 4.74 Å². The van der Waals surface area contributed by atoms with Gasteiger partial charge < -0.3 is 15.4 Å². The van der Waals surface area contributed by atoms with Gasteiger partial charge in [-0.1, -0.05) is 24.3 Å². The van der Waals surface area contributed by atoms with E-state index in [1.807, 2.05) is 0 Å².